The van der Waals surface area contributed by atoms with Crippen molar-refractivity contribution < 1.29 is 8.85 Å². The first-order valence-corrected chi connectivity index (χ1v) is 12.3. The van der Waals surface area contributed by atoms with Crippen LogP contribution in [0.2, 0.25) is 39.3 Å². The van der Waals surface area contributed by atoms with E-state index in [1.807, 2.05) is 0 Å². The zero-order valence-corrected chi connectivity index (χ0v) is 12.4. The van der Waals surface area contributed by atoms with Crippen molar-refractivity contribution in [2.45, 2.75) is 64.3 Å². The lowest BCUT2D eigenvalue weighted by atomic mass is 9.93. The SMILES string of the molecule is C[Si](C)(C)O[C@H]1CC[C@H]1O[Si](C)(C)C. The highest BCUT2D eigenvalue weighted by molar-refractivity contribution is 6.70. The summed E-state index contributed by atoms with van der Waals surface area (Å²) in [6.45, 7) is 13.5. The van der Waals surface area contributed by atoms with Crippen molar-refractivity contribution in [2.75, 3.05) is 0 Å². The molecular weight excluding hydrogens is 208 g/mol. The van der Waals surface area contributed by atoms with Crippen molar-refractivity contribution in [1.82, 2.24) is 0 Å². The molecule has 4 heteroatoms. The standard InChI is InChI=1S/C10H24O2Si2/c1-13(2,3)11-9-7-8-10(9)12-14(4,5)6/h9-10H,7-8H2,1-6H3/t9-,10+. The molecular formula is C10H24O2Si2. The molecule has 0 saturated heterocycles. The monoisotopic (exact) mass is 232 g/mol. The van der Waals surface area contributed by atoms with Crippen molar-refractivity contribution in [3.8, 4) is 0 Å². The summed E-state index contributed by atoms with van der Waals surface area (Å²) in [5.41, 5.74) is 0. The highest BCUT2D eigenvalue weighted by Gasteiger charge is 2.38. The normalized spacial score (nSPS) is 28.7. The molecule has 0 aromatic carbocycles. The van der Waals surface area contributed by atoms with E-state index < -0.39 is 16.6 Å². The highest BCUT2D eigenvalue weighted by Crippen LogP contribution is 2.31. The van der Waals surface area contributed by atoms with Gasteiger partial charge in [-0.2, -0.15) is 0 Å². The van der Waals surface area contributed by atoms with E-state index in [1.54, 1.807) is 0 Å². The Balaban J connectivity index is 2.36. The van der Waals surface area contributed by atoms with E-state index in [1.165, 1.54) is 12.8 Å². The molecule has 0 N–H and O–H groups in total. The first-order valence-electron chi connectivity index (χ1n) is 5.53. The van der Waals surface area contributed by atoms with Gasteiger partial charge in [0.05, 0.1) is 12.2 Å². The molecule has 0 aromatic heterocycles. The minimum atomic E-state index is -1.37. The summed E-state index contributed by atoms with van der Waals surface area (Å²) < 4.78 is 12.1. The smallest absolute Gasteiger partial charge is 0.184 e. The van der Waals surface area contributed by atoms with Gasteiger partial charge in [-0.1, -0.05) is 0 Å². The summed E-state index contributed by atoms with van der Waals surface area (Å²) in [6.07, 6.45) is 3.18. The van der Waals surface area contributed by atoms with Gasteiger partial charge >= 0.3 is 0 Å². The van der Waals surface area contributed by atoms with Gasteiger partial charge in [-0.25, -0.2) is 0 Å². The predicted molar refractivity (Wildman–Crippen MR) is 65.7 cm³/mol. The summed E-state index contributed by atoms with van der Waals surface area (Å²) in [5.74, 6) is 0. The van der Waals surface area contributed by atoms with Crippen LogP contribution in [0.4, 0.5) is 0 Å². The Kier molecular flexibility index (Phi) is 3.62. The molecule has 1 fully saturated rings. The fraction of sp³-hybridized carbons (Fsp3) is 1.00. The van der Waals surface area contributed by atoms with Crippen LogP contribution in [0, 0.1) is 0 Å². The van der Waals surface area contributed by atoms with E-state index in [-0.39, 0.29) is 0 Å². The largest absolute Gasteiger partial charge is 0.412 e. The van der Waals surface area contributed by atoms with Crippen molar-refractivity contribution >= 4 is 16.6 Å². The summed E-state index contributed by atoms with van der Waals surface area (Å²) >= 11 is 0. The second-order valence-corrected chi connectivity index (χ2v) is 15.0. The molecule has 2 atom stereocenters. The van der Waals surface area contributed by atoms with Crippen LogP contribution >= 0.6 is 0 Å². The lowest BCUT2D eigenvalue weighted by molar-refractivity contribution is -0.0292. The first-order chi connectivity index (χ1) is 6.17. The molecule has 0 aromatic rings. The van der Waals surface area contributed by atoms with Crippen LogP contribution in [0.25, 0.3) is 0 Å². The summed E-state index contributed by atoms with van der Waals surface area (Å²) in [4.78, 5) is 0. The third-order valence-electron chi connectivity index (χ3n) is 2.16. The average Bonchev–Trinajstić information content (AvgIpc) is 1.91. The second kappa shape index (κ2) is 4.08. The molecule has 0 spiro atoms. The van der Waals surface area contributed by atoms with Gasteiger partial charge in [0.2, 0.25) is 0 Å². The zero-order valence-electron chi connectivity index (χ0n) is 10.4. The third-order valence-corrected chi connectivity index (χ3v) is 4.18. The second-order valence-electron chi connectivity index (χ2n) is 6.11. The molecule has 0 unspecified atom stereocenters. The van der Waals surface area contributed by atoms with Gasteiger partial charge in [0.25, 0.3) is 0 Å². The quantitative estimate of drug-likeness (QED) is 0.693. The van der Waals surface area contributed by atoms with Gasteiger partial charge in [-0.05, 0) is 52.1 Å². The van der Waals surface area contributed by atoms with E-state index in [9.17, 15) is 0 Å². The predicted octanol–water partition coefficient (Wildman–Crippen LogP) is 3.22. The highest BCUT2D eigenvalue weighted by atomic mass is 28.4. The Bertz CT molecular complexity index is 171. The summed E-state index contributed by atoms with van der Waals surface area (Å²) in [6, 6.07) is 0. The van der Waals surface area contributed by atoms with Gasteiger partial charge in [0.1, 0.15) is 0 Å². The maximum atomic E-state index is 6.07. The van der Waals surface area contributed by atoms with Gasteiger partial charge in [0.15, 0.2) is 16.6 Å². The minimum absolute atomic E-state index is 0.397. The number of rotatable bonds is 4. The first kappa shape index (κ1) is 12.4. The number of hydrogen-bond donors (Lipinski definition) is 0. The van der Waals surface area contributed by atoms with E-state index in [2.05, 4.69) is 39.3 Å². The van der Waals surface area contributed by atoms with E-state index in [0.717, 1.165) is 0 Å². The van der Waals surface area contributed by atoms with Gasteiger partial charge in [-0.15, -0.1) is 0 Å². The van der Waals surface area contributed by atoms with Crippen LogP contribution in [0.3, 0.4) is 0 Å². The molecule has 1 rings (SSSR count). The fourth-order valence-electron chi connectivity index (χ4n) is 1.62. The van der Waals surface area contributed by atoms with Crippen molar-refractivity contribution in [3.63, 3.8) is 0 Å². The van der Waals surface area contributed by atoms with Crippen molar-refractivity contribution in [3.05, 3.63) is 0 Å². The van der Waals surface area contributed by atoms with Crippen LogP contribution in [-0.2, 0) is 8.85 Å². The van der Waals surface area contributed by atoms with E-state index in [0.29, 0.717) is 12.2 Å². The molecule has 0 radical (unpaired) electrons. The molecule has 1 saturated carbocycles. The lowest BCUT2D eigenvalue weighted by Gasteiger charge is -2.43. The van der Waals surface area contributed by atoms with Crippen LogP contribution in [0.1, 0.15) is 12.8 Å². The summed E-state index contributed by atoms with van der Waals surface area (Å²) in [7, 11) is -2.74. The lowest BCUT2D eigenvalue weighted by Crippen LogP contribution is -2.50. The Morgan fingerprint density at radius 2 is 1.00 bits per heavy atom. The van der Waals surface area contributed by atoms with E-state index >= 15 is 0 Å². The molecule has 0 heterocycles. The Morgan fingerprint density at radius 3 is 1.14 bits per heavy atom. The van der Waals surface area contributed by atoms with Crippen molar-refractivity contribution in [2.24, 2.45) is 0 Å². The average molecular weight is 232 g/mol. The third kappa shape index (κ3) is 4.25. The van der Waals surface area contributed by atoms with Gasteiger partial charge in [0, 0.05) is 0 Å². The summed E-state index contributed by atoms with van der Waals surface area (Å²) in [5, 5.41) is 0. The molecule has 2 nitrogen and oxygen atoms in total. The van der Waals surface area contributed by atoms with E-state index in [4.69, 9.17) is 8.85 Å². The minimum Gasteiger partial charge on any atom is -0.412 e. The molecule has 1 aliphatic carbocycles. The Hall–Kier alpha value is 0.354. The van der Waals surface area contributed by atoms with Crippen LogP contribution in [0.15, 0.2) is 0 Å². The van der Waals surface area contributed by atoms with Crippen LogP contribution in [0.5, 0.6) is 0 Å². The van der Waals surface area contributed by atoms with Crippen LogP contribution < -0.4 is 0 Å². The molecule has 0 amide bonds. The topological polar surface area (TPSA) is 18.5 Å². The number of hydrogen-bond acceptors (Lipinski definition) is 2. The fourth-order valence-corrected chi connectivity index (χ4v) is 3.97. The molecule has 1 aliphatic rings. The molecule has 0 bridgehead atoms. The van der Waals surface area contributed by atoms with Gasteiger partial charge in [-0.3, -0.25) is 0 Å². The Morgan fingerprint density at radius 1 is 0.714 bits per heavy atom. The molecule has 84 valence electrons. The molecule has 0 aliphatic heterocycles. The maximum Gasteiger partial charge on any atom is 0.184 e. The van der Waals surface area contributed by atoms with Crippen LogP contribution in [-0.4, -0.2) is 28.8 Å². The van der Waals surface area contributed by atoms with Gasteiger partial charge < -0.3 is 8.85 Å². The van der Waals surface area contributed by atoms with Crippen molar-refractivity contribution in [1.29, 1.82) is 0 Å². The Labute approximate surface area is 90.3 Å². The zero-order chi connectivity index (χ0) is 11.0. The maximum absolute atomic E-state index is 6.07. The molecule has 14 heavy (non-hydrogen) atoms.